The third kappa shape index (κ3) is 5.94. The summed E-state index contributed by atoms with van der Waals surface area (Å²) in [5, 5.41) is 10.6. The van der Waals surface area contributed by atoms with Crippen molar-refractivity contribution >= 4 is 5.97 Å². The van der Waals surface area contributed by atoms with Gasteiger partial charge in [-0.1, -0.05) is 32.6 Å². The first-order valence-electron chi connectivity index (χ1n) is 5.95. The molecule has 0 aromatic rings. The number of aliphatic carboxylic acids is 1. The Hall–Kier alpha value is 0.470. The number of rotatable bonds is 5. The minimum absolute atomic E-state index is 0. The predicted octanol–water partition coefficient (Wildman–Crippen LogP) is -0.873. The Balaban J connectivity index is 0.00000196. The van der Waals surface area contributed by atoms with E-state index in [1.807, 2.05) is 0 Å². The van der Waals surface area contributed by atoms with Crippen LogP contribution in [-0.2, 0) is 4.79 Å². The van der Waals surface area contributed by atoms with Gasteiger partial charge in [0.2, 0.25) is 0 Å². The summed E-state index contributed by atoms with van der Waals surface area (Å²) in [6.45, 7) is 2.22. The van der Waals surface area contributed by atoms with Crippen LogP contribution in [0, 0.1) is 11.8 Å². The zero-order chi connectivity index (χ0) is 10.4. The second-order valence-corrected chi connectivity index (χ2v) is 4.53. The van der Waals surface area contributed by atoms with Crippen molar-refractivity contribution in [1.82, 2.24) is 0 Å². The molecule has 0 atom stereocenters. The molecule has 1 aliphatic rings. The molecule has 0 aromatic carbocycles. The molecule has 0 aliphatic heterocycles. The third-order valence-electron chi connectivity index (χ3n) is 3.40. The third-order valence-corrected chi connectivity index (χ3v) is 3.40. The topological polar surface area (TPSA) is 40.1 Å². The molecule has 0 bridgehead atoms. The molecule has 0 aromatic heterocycles. The molecule has 1 fully saturated rings. The van der Waals surface area contributed by atoms with Gasteiger partial charge in [-0.15, -0.1) is 0 Å². The monoisotopic (exact) mass is 220 g/mol. The molecule has 15 heavy (non-hydrogen) atoms. The van der Waals surface area contributed by atoms with Gasteiger partial charge in [-0.3, -0.25) is 0 Å². The molecular weight excluding hydrogens is 199 g/mol. The van der Waals surface area contributed by atoms with E-state index >= 15 is 0 Å². The van der Waals surface area contributed by atoms with Crippen LogP contribution in [0.3, 0.4) is 0 Å². The van der Waals surface area contributed by atoms with Crippen molar-refractivity contribution in [3.63, 3.8) is 0 Å². The van der Waals surface area contributed by atoms with Crippen LogP contribution >= 0.6 is 0 Å². The Labute approximate surface area is 115 Å². The van der Waals surface area contributed by atoms with Crippen molar-refractivity contribution in [1.29, 1.82) is 0 Å². The van der Waals surface area contributed by atoms with Gasteiger partial charge in [-0.25, -0.2) is 0 Å². The van der Waals surface area contributed by atoms with Crippen LogP contribution in [0.15, 0.2) is 0 Å². The number of unbranched alkanes of at least 4 members (excludes halogenated alkanes) is 2. The molecular formula is C12H21NaO2. The van der Waals surface area contributed by atoms with Gasteiger partial charge in [0, 0.05) is 5.97 Å². The quantitative estimate of drug-likeness (QED) is 0.446. The van der Waals surface area contributed by atoms with Crippen LogP contribution in [0.2, 0.25) is 0 Å². The van der Waals surface area contributed by atoms with Crippen molar-refractivity contribution in [3.8, 4) is 0 Å². The predicted molar refractivity (Wildman–Crippen MR) is 54.6 cm³/mol. The molecule has 0 spiro atoms. The standard InChI is InChI=1S/C12H22O2.Na/c1-2-3-4-5-10-6-8-11(9-7-10)12(13)14;/h10-11H,2-9H2,1H3,(H,13,14);/q;+1/p-1/t10-,11-;. The van der Waals surface area contributed by atoms with Crippen molar-refractivity contribution in [2.45, 2.75) is 58.3 Å². The van der Waals surface area contributed by atoms with E-state index in [0.29, 0.717) is 0 Å². The van der Waals surface area contributed by atoms with Crippen molar-refractivity contribution < 1.29 is 39.5 Å². The number of carbonyl (C=O) groups is 1. The van der Waals surface area contributed by atoms with Gasteiger partial charge in [-0.2, -0.15) is 0 Å². The van der Waals surface area contributed by atoms with E-state index in [2.05, 4.69) is 6.92 Å². The first kappa shape index (κ1) is 15.5. The summed E-state index contributed by atoms with van der Waals surface area (Å²) in [6, 6.07) is 0. The Kier molecular flexibility index (Phi) is 8.87. The molecule has 0 unspecified atom stereocenters. The molecule has 0 saturated heterocycles. The number of carboxylic acids is 1. The Morgan fingerprint density at radius 1 is 1.20 bits per heavy atom. The minimum atomic E-state index is -0.836. The summed E-state index contributed by atoms with van der Waals surface area (Å²) >= 11 is 0. The molecule has 0 amide bonds. The van der Waals surface area contributed by atoms with E-state index in [4.69, 9.17) is 0 Å². The van der Waals surface area contributed by atoms with Gasteiger partial charge >= 0.3 is 29.6 Å². The van der Waals surface area contributed by atoms with Crippen LogP contribution in [0.5, 0.6) is 0 Å². The molecule has 3 heteroatoms. The van der Waals surface area contributed by atoms with Gasteiger partial charge in [-0.05, 0) is 37.5 Å². The summed E-state index contributed by atoms with van der Waals surface area (Å²) in [7, 11) is 0. The number of hydrogen-bond donors (Lipinski definition) is 0. The van der Waals surface area contributed by atoms with Gasteiger partial charge < -0.3 is 9.90 Å². The maximum absolute atomic E-state index is 10.6. The summed E-state index contributed by atoms with van der Waals surface area (Å²) in [5.41, 5.74) is 0. The van der Waals surface area contributed by atoms with E-state index in [1.54, 1.807) is 0 Å². The summed E-state index contributed by atoms with van der Waals surface area (Å²) in [6.07, 6.45) is 9.10. The minimum Gasteiger partial charge on any atom is -0.550 e. The smallest absolute Gasteiger partial charge is 0.550 e. The van der Waals surface area contributed by atoms with Gasteiger partial charge in [0.05, 0.1) is 0 Å². The summed E-state index contributed by atoms with van der Waals surface area (Å²) in [5.74, 6) is -0.202. The summed E-state index contributed by atoms with van der Waals surface area (Å²) < 4.78 is 0. The van der Waals surface area contributed by atoms with Gasteiger partial charge in [0.1, 0.15) is 0 Å². The summed E-state index contributed by atoms with van der Waals surface area (Å²) in [4.78, 5) is 10.6. The Bertz CT molecular complexity index is 174. The second-order valence-electron chi connectivity index (χ2n) is 4.53. The average molecular weight is 220 g/mol. The van der Waals surface area contributed by atoms with E-state index in [0.717, 1.165) is 31.6 Å². The molecule has 82 valence electrons. The number of carboxylic acid groups (broad SMARTS) is 1. The number of hydrogen-bond acceptors (Lipinski definition) is 2. The molecule has 1 saturated carbocycles. The van der Waals surface area contributed by atoms with E-state index in [1.165, 1.54) is 25.7 Å². The Morgan fingerprint density at radius 2 is 1.80 bits per heavy atom. The fourth-order valence-corrected chi connectivity index (χ4v) is 2.37. The molecule has 0 N–H and O–H groups in total. The van der Waals surface area contributed by atoms with Crippen molar-refractivity contribution in [3.05, 3.63) is 0 Å². The van der Waals surface area contributed by atoms with Crippen LogP contribution in [0.4, 0.5) is 0 Å². The zero-order valence-electron chi connectivity index (χ0n) is 10.1. The van der Waals surface area contributed by atoms with Gasteiger partial charge in [0.15, 0.2) is 0 Å². The normalized spacial score (nSPS) is 25.7. The van der Waals surface area contributed by atoms with E-state index in [9.17, 15) is 9.90 Å². The van der Waals surface area contributed by atoms with Crippen LogP contribution in [0.1, 0.15) is 58.3 Å². The zero-order valence-corrected chi connectivity index (χ0v) is 12.1. The first-order chi connectivity index (χ1) is 6.74. The van der Waals surface area contributed by atoms with E-state index < -0.39 is 5.97 Å². The Morgan fingerprint density at radius 3 is 2.27 bits per heavy atom. The van der Waals surface area contributed by atoms with Crippen LogP contribution in [-0.4, -0.2) is 5.97 Å². The maximum atomic E-state index is 10.6. The SMILES string of the molecule is CCCCC[C@H]1CC[C@H](C(=O)[O-])CC1.[Na+]. The average Bonchev–Trinajstić information content (AvgIpc) is 2.19. The van der Waals surface area contributed by atoms with Crippen LogP contribution in [0.25, 0.3) is 0 Å². The van der Waals surface area contributed by atoms with Crippen molar-refractivity contribution in [2.75, 3.05) is 0 Å². The first-order valence-corrected chi connectivity index (χ1v) is 5.95. The fraction of sp³-hybridized carbons (Fsp3) is 0.917. The molecule has 1 aliphatic carbocycles. The number of carbonyl (C=O) groups excluding carboxylic acids is 1. The molecule has 0 radical (unpaired) electrons. The van der Waals surface area contributed by atoms with Gasteiger partial charge in [0.25, 0.3) is 0 Å². The molecule has 1 rings (SSSR count). The van der Waals surface area contributed by atoms with Crippen molar-refractivity contribution in [2.24, 2.45) is 11.8 Å². The molecule has 0 heterocycles. The molecule has 2 nitrogen and oxygen atoms in total. The van der Waals surface area contributed by atoms with E-state index in [-0.39, 0.29) is 35.5 Å². The van der Waals surface area contributed by atoms with Crippen LogP contribution < -0.4 is 34.7 Å². The maximum Gasteiger partial charge on any atom is 1.00 e. The fourth-order valence-electron chi connectivity index (χ4n) is 2.37. The second kappa shape index (κ2) is 8.60. The largest absolute Gasteiger partial charge is 1.00 e.